The van der Waals surface area contributed by atoms with Gasteiger partial charge < -0.3 is 4.74 Å². The molecule has 0 radical (unpaired) electrons. The van der Waals surface area contributed by atoms with Crippen molar-refractivity contribution in [3.8, 4) is 0 Å². The number of hydrogen-bond acceptors (Lipinski definition) is 4. The van der Waals surface area contributed by atoms with Crippen molar-refractivity contribution in [1.82, 2.24) is 9.78 Å². The zero-order valence-electron chi connectivity index (χ0n) is 9.69. The lowest BCUT2D eigenvalue weighted by atomic mass is 10.3. The van der Waals surface area contributed by atoms with Gasteiger partial charge in [0.25, 0.3) is 9.05 Å². The Morgan fingerprint density at radius 2 is 2.06 bits per heavy atom. The summed E-state index contributed by atoms with van der Waals surface area (Å²) in [5.74, 6) is 0. The molecule has 1 rings (SSSR count). The number of halogens is 1. The molecule has 92 valence electrons. The summed E-state index contributed by atoms with van der Waals surface area (Å²) >= 11 is 0. The second-order valence-electron chi connectivity index (χ2n) is 3.69. The molecule has 0 aliphatic heterocycles. The maximum absolute atomic E-state index is 11.3. The summed E-state index contributed by atoms with van der Waals surface area (Å²) in [6.07, 6.45) is 0. The van der Waals surface area contributed by atoms with Crippen molar-refractivity contribution in [1.29, 1.82) is 0 Å². The molecular weight excluding hydrogens is 252 g/mol. The number of methoxy groups -OCH3 is 1. The van der Waals surface area contributed by atoms with Gasteiger partial charge in [-0.1, -0.05) is 0 Å². The molecule has 0 N–H and O–H groups in total. The number of rotatable bonds is 4. The summed E-state index contributed by atoms with van der Waals surface area (Å²) in [5, 5.41) is 4.17. The molecule has 1 atom stereocenters. The van der Waals surface area contributed by atoms with Crippen molar-refractivity contribution in [2.75, 3.05) is 13.7 Å². The monoisotopic (exact) mass is 266 g/mol. The van der Waals surface area contributed by atoms with Gasteiger partial charge in [-0.2, -0.15) is 5.10 Å². The number of nitrogens with zero attached hydrogens (tertiary/aromatic N) is 2. The van der Waals surface area contributed by atoms with Gasteiger partial charge in [0.05, 0.1) is 24.0 Å². The Bertz CT molecular complexity index is 481. The second kappa shape index (κ2) is 4.73. The van der Waals surface area contributed by atoms with Crippen LogP contribution >= 0.6 is 10.7 Å². The van der Waals surface area contributed by atoms with Crippen molar-refractivity contribution in [3.63, 3.8) is 0 Å². The van der Waals surface area contributed by atoms with Crippen LogP contribution in [0.3, 0.4) is 0 Å². The average Bonchev–Trinajstić information content (AvgIpc) is 2.41. The first-order valence-corrected chi connectivity index (χ1v) is 7.09. The van der Waals surface area contributed by atoms with Gasteiger partial charge in [0.2, 0.25) is 0 Å². The molecular formula is C9H15ClN2O3S. The van der Waals surface area contributed by atoms with Crippen LogP contribution in [0.15, 0.2) is 4.90 Å². The van der Waals surface area contributed by atoms with E-state index in [4.69, 9.17) is 15.4 Å². The van der Waals surface area contributed by atoms with Crippen molar-refractivity contribution in [2.24, 2.45) is 0 Å². The van der Waals surface area contributed by atoms with Gasteiger partial charge in [-0.3, -0.25) is 4.68 Å². The van der Waals surface area contributed by atoms with Gasteiger partial charge in [0, 0.05) is 17.8 Å². The summed E-state index contributed by atoms with van der Waals surface area (Å²) in [6.45, 7) is 5.66. The first kappa shape index (κ1) is 13.5. The maximum Gasteiger partial charge on any atom is 0.264 e. The van der Waals surface area contributed by atoms with Gasteiger partial charge in [0.1, 0.15) is 4.90 Å². The molecule has 0 aromatic carbocycles. The summed E-state index contributed by atoms with van der Waals surface area (Å²) in [6, 6.07) is -0.0316. The summed E-state index contributed by atoms with van der Waals surface area (Å²) in [5.41, 5.74) is 0.951. The van der Waals surface area contributed by atoms with Crippen LogP contribution in [0.4, 0.5) is 0 Å². The molecule has 0 bridgehead atoms. The topological polar surface area (TPSA) is 61.2 Å². The zero-order valence-corrected chi connectivity index (χ0v) is 11.3. The fourth-order valence-corrected chi connectivity index (χ4v) is 3.25. The standard InChI is InChI=1S/C9H15ClN2O3S/c1-6(5-15-4)12-8(3)9(7(2)11-12)16(10,13)14/h6H,5H2,1-4H3. The fourth-order valence-electron chi connectivity index (χ4n) is 1.74. The highest BCUT2D eigenvalue weighted by Gasteiger charge is 2.24. The Labute approximate surface area is 99.8 Å². The van der Waals surface area contributed by atoms with Crippen LogP contribution < -0.4 is 0 Å². The van der Waals surface area contributed by atoms with Crippen molar-refractivity contribution in [2.45, 2.75) is 31.7 Å². The Morgan fingerprint density at radius 1 is 1.50 bits per heavy atom. The van der Waals surface area contributed by atoms with Gasteiger partial charge in [-0.05, 0) is 20.8 Å². The number of aryl methyl sites for hydroxylation is 1. The Hall–Kier alpha value is -0.590. The highest BCUT2D eigenvalue weighted by Crippen LogP contribution is 2.25. The van der Waals surface area contributed by atoms with Crippen LogP contribution in [0, 0.1) is 13.8 Å². The minimum atomic E-state index is -3.74. The molecule has 5 nitrogen and oxygen atoms in total. The van der Waals surface area contributed by atoms with Crippen LogP contribution in [-0.4, -0.2) is 31.9 Å². The summed E-state index contributed by atoms with van der Waals surface area (Å²) in [4.78, 5) is 0.0946. The van der Waals surface area contributed by atoms with E-state index in [1.807, 2.05) is 6.92 Å². The van der Waals surface area contributed by atoms with Crippen LogP contribution in [0.5, 0.6) is 0 Å². The van der Waals surface area contributed by atoms with E-state index in [0.717, 1.165) is 0 Å². The van der Waals surface area contributed by atoms with Crippen LogP contribution in [0.1, 0.15) is 24.4 Å². The first-order valence-electron chi connectivity index (χ1n) is 4.78. The molecule has 1 aromatic rings. The largest absolute Gasteiger partial charge is 0.382 e. The molecule has 1 heterocycles. The molecule has 0 spiro atoms. The SMILES string of the molecule is COCC(C)n1nc(C)c(S(=O)(=O)Cl)c1C. The second-order valence-corrected chi connectivity index (χ2v) is 6.19. The lowest BCUT2D eigenvalue weighted by Gasteiger charge is -2.12. The van der Waals surface area contributed by atoms with E-state index < -0.39 is 9.05 Å². The van der Waals surface area contributed by atoms with Gasteiger partial charge in [0.15, 0.2) is 0 Å². The third-order valence-corrected chi connectivity index (χ3v) is 3.87. The lowest BCUT2D eigenvalue weighted by Crippen LogP contribution is -2.14. The predicted octanol–water partition coefficient (Wildman–Crippen LogP) is 1.63. The molecule has 0 saturated carbocycles. The maximum atomic E-state index is 11.3. The van der Waals surface area contributed by atoms with Gasteiger partial charge >= 0.3 is 0 Å². The van der Waals surface area contributed by atoms with Crippen LogP contribution in [0.25, 0.3) is 0 Å². The first-order chi connectivity index (χ1) is 7.29. The fraction of sp³-hybridized carbons (Fsp3) is 0.667. The molecule has 1 unspecified atom stereocenters. The normalized spacial score (nSPS) is 14.1. The van der Waals surface area contributed by atoms with E-state index in [2.05, 4.69) is 5.10 Å². The molecule has 7 heteroatoms. The van der Waals surface area contributed by atoms with Crippen molar-refractivity contribution in [3.05, 3.63) is 11.4 Å². The Morgan fingerprint density at radius 3 is 2.44 bits per heavy atom. The molecule has 0 aliphatic rings. The number of aromatic nitrogens is 2. The highest BCUT2D eigenvalue weighted by molar-refractivity contribution is 8.13. The Kier molecular flexibility index (Phi) is 3.98. The lowest BCUT2D eigenvalue weighted by molar-refractivity contribution is 0.155. The quantitative estimate of drug-likeness (QED) is 0.777. The van der Waals surface area contributed by atoms with Crippen molar-refractivity contribution >= 4 is 19.7 Å². The summed E-state index contributed by atoms with van der Waals surface area (Å²) < 4.78 is 29.3. The molecule has 0 amide bonds. The molecule has 1 aromatic heterocycles. The molecule has 0 aliphatic carbocycles. The van der Waals surface area contributed by atoms with E-state index in [0.29, 0.717) is 18.0 Å². The third kappa shape index (κ3) is 2.56. The third-order valence-electron chi connectivity index (χ3n) is 2.33. The van der Waals surface area contributed by atoms with E-state index in [9.17, 15) is 8.42 Å². The van der Waals surface area contributed by atoms with Crippen LogP contribution in [-0.2, 0) is 13.8 Å². The minimum absolute atomic E-state index is 0.0316. The average molecular weight is 267 g/mol. The van der Waals surface area contributed by atoms with Crippen molar-refractivity contribution < 1.29 is 13.2 Å². The molecule has 16 heavy (non-hydrogen) atoms. The van der Waals surface area contributed by atoms with Gasteiger partial charge in [-0.25, -0.2) is 8.42 Å². The number of ether oxygens (including phenoxy) is 1. The van der Waals surface area contributed by atoms with E-state index in [1.165, 1.54) is 0 Å². The molecule has 0 saturated heterocycles. The minimum Gasteiger partial charge on any atom is -0.382 e. The molecule has 0 fully saturated rings. The predicted molar refractivity (Wildman–Crippen MR) is 61.3 cm³/mol. The van der Waals surface area contributed by atoms with E-state index in [-0.39, 0.29) is 10.9 Å². The van der Waals surface area contributed by atoms with E-state index in [1.54, 1.807) is 25.6 Å². The van der Waals surface area contributed by atoms with E-state index >= 15 is 0 Å². The highest BCUT2D eigenvalue weighted by atomic mass is 35.7. The Balaban J connectivity index is 3.27. The summed E-state index contributed by atoms with van der Waals surface area (Å²) in [7, 11) is 3.19. The zero-order chi connectivity index (χ0) is 12.5. The van der Waals surface area contributed by atoms with Crippen LogP contribution in [0.2, 0.25) is 0 Å². The van der Waals surface area contributed by atoms with Gasteiger partial charge in [-0.15, -0.1) is 0 Å². The smallest absolute Gasteiger partial charge is 0.264 e. The number of hydrogen-bond donors (Lipinski definition) is 0.